The highest BCUT2D eigenvalue weighted by Gasteiger charge is 2.17. The molecule has 0 unspecified atom stereocenters. The van der Waals surface area contributed by atoms with Crippen LogP contribution in [0.15, 0.2) is 59.7 Å². The Hall–Kier alpha value is -4.41. The van der Waals surface area contributed by atoms with E-state index in [1.165, 1.54) is 10.8 Å². The molecule has 3 heterocycles. The predicted molar refractivity (Wildman–Crippen MR) is 124 cm³/mol. The maximum absolute atomic E-state index is 13.7. The van der Waals surface area contributed by atoms with Crippen molar-refractivity contribution >= 4 is 28.0 Å². The molecule has 0 aliphatic carbocycles. The maximum Gasteiger partial charge on any atom is 0.283 e. The Kier molecular flexibility index (Phi) is 5.36. The van der Waals surface area contributed by atoms with Gasteiger partial charge in [0.25, 0.3) is 12.0 Å². The highest BCUT2D eigenvalue weighted by atomic mass is 19.3. The molecule has 0 saturated carbocycles. The second-order valence-electron chi connectivity index (χ2n) is 7.55. The summed E-state index contributed by atoms with van der Waals surface area (Å²) in [6.07, 6.45) is 0.680. The lowest BCUT2D eigenvalue weighted by atomic mass is 10.1. The molecule has 0 fully saturated rings. The number of halogens is 2. The second-order valence-corrected chi connectivity index (χ2v) is 7.55. The molecule has 0 atom stereocenters. The van der Waals surface area contributed by atoms with Crippen molar-refractivity contribution in [1.82, 2.24) is 29.3 Å². The Morgan fingerprint density at radius 3 is 2.62 bits per heavy atom. The third-order valence-corrected chi connectivity index (χ3v) is 5.24. The number of nitrogens with zero attached hydrogens (tertiary/aromatic N) is 6. The van der Waals surface area contributed by atoms with E-state index in [4.69, 9.17) is 4.74 Å². The highest BCUT2D eigenvalue weighted by molar-refractivity contribution is 5.84. The van der Waals surface area contributed by atoms with Crippen LogP contribution in [0.1, 0.15) is 0 Å². The summed E-state index contributed by atoms with van der Waals surface area (Å²) < 4.78 is 33.6. The number of aromatic nitrogens is 6. The van der Waals surface area contributed by atoms with Crippen LogP contribution in [0, 0.1) is 0 Å². The molecule has 0 amide bonds. The molecule has 34 heavy (non-hydrogen) atoms. The molecule has 3 aromatic heterocycles. The molecule has 172 valence electrons. The zero-order chi connectivity index (χ0) is 23.8. The minimum absolute atomic E-state index is 0.0270. The van der Waals surface area contributed by atoms with Crippen molar-refractivity contribution in [2.45, 2.75) is 6.43 Å². The first-order valence-corrected chi connectivity index (χ1v) is 10.3. The second kappa shape index (κ2) is 8.50. The van der Waals surface area contributed by atoms with Crippen LogP contribution < -0.4 is 15.6 Å². The molecule has 1 N–H and O–H groups in total. The number of rotatable bonds is 6. The number of ether oxygens (including phenoxy) is 1. The minimum atomic E-state index is -2.58. The summed E-state index contributed by atoms with van der Waals surface area (Å²) in [5.74, 6) is 0.590. The number of nitrogens with one attached hydrogen (secondary N) is 1. The fourth-order valence-corrected chi connectivity index (χ4v) is 3.69. The van der Waals surface area contributed by atoms with E-state index in [2.05, 4.69) is 25.4 Å². The molecule has 0 saturated heterocycles. The number of hydrogen-bond donors (Lipinski definition) is 1. The van der Waals surface area contributed by atoms with E-state index in [-0.39, 0.29) is 17.3 Å². The van der Waals surface area contributed by atoms with E-state index < -0.39 is 18.5 Å². The smallest absolute Gasteiger partial charge is 0.283 e. The molecule has 5 aromatic rings. The summed E-state index contributed by atoms with van der Waals surface area (Å²) in [6, 6.07) is 12.3. The third kappa shape index (κ3) is 3.91. The molecule has 2 aromatic carbocycles. The van der Waals surface area contributed by atoms with Gasteiger partial charge in [-0.1, -0.05) is 6.07 Å². The van der Waals surface area contributed by atoms with Crippen LogP contribution in [0.3, 0.4) is 0 Å². The summed E-state index contributed by atoms with van der Waals surface area (Å²) >= 11 is 0. The lowest BCUT2D eigenvalue weighted by molar-refractivity contribution is 0.163. The van der Waals surface area contributed by atoms with Crippen LogP contribution in [-0.4, -0.2) is 49.4 Å². The van der Waals surface area contributed by atoms with Gasteiger partial charge in [-0.05, 0) is 36.4 Å². The average Bonchev–Trinajstić information content (AvgIpc) is 3.21. The van der Waals surface area contributed by atoms with Crippen molar-refractivity contribution in [3.8, 4) is 22.7 Å². The summed E-state index contributed by atoms with van der Waals surface area (Å²) in [6.45, 7) is -0.616. The number of methoxy groups -OCH3 is 1. The van der Waals surface area contributed by atoms with Gasteiger partial charge in [0.1, 0.15) is 17.0 Å². The van der Waals surface area contributed by atoms with Crippen molar-refractivity contribution in [3.05, 3.63) is 65.2 Å². The quantitative estimate of drug-likeness (QED) is 0.412. The van der Waals surface area contributed by atoms with E-state index in [1.807, 2.05) is 25.4 Å². The lowest BCUT2D eigenvalue weighted by Crippen LogP contribution is -2.23. The largest absolute Gasteiger partial charge is 0.497 e. The summed E-state index contributed by atoms with van der Waals surface area (Å²) in [5.41, 5.74) is 2.22. The van der Waals surface area contributed by atoms with Gasteiger partial charge in [0, 0.05) is 24.2 Å². The molecule has 11 heteroatoms. The molecular weight excluding hydrogens is 444 g/mol. The molecule has 0 bridgehead atoms. The molecule has 0 radical (unpaired) electrons. The van der Waals surface area contributed by atoms with Crippen LogP contribution in [-0.2, 0) is 7.05 Å². The Balaban J connectivity index is 1.74. The SMILES string of the molecule is COc1ccc(-n2c(=O)c(-c3ccc4nn(C)cc4c3)nc3cnc(NCC(F)F)nc32)cc1. The van der Waals surface area contributed by atoms with Crippen LogP contribution in [0.2, 0.25) is 0 Å². The van der Waals surface area contributed by atoms with Gasteiger partial charge in [-0.2, -0.15) is 10.1 Å². The van der Waals surface area contributed by atoms with E-state index in [9.17, 15) is 13.6 Å². The summed E-state index contributed by atoms with van der Waals surface area (Å²) in [4.78, 5) is 26.6. The molecule has 5 rings (SSSR count). The van der Waals surface area contributed by atoms with Crippen LogP contribution in [0.4, 0.5) is 14.7 Å². The molecular formula is C23H19F2N7O2. The van der Waals surface area contributed by atoms with Crippen LogP contribution in [0.25, 0.3) is 39.0 Å². The van der Waals surface area contributed by atoms with Crippen molar-refractivity contribution in [2.24, 2.45) is 7.05 Å². The Morgan fingerprint density at radius 1 is 1.09 bits per heavy atom. The topological polar surface area (TPSA) is 99.8 Å². The molecule has 0 aliphatic rings. The molecule has 0 aliphatic heterocycles. The van der Waals surface area contributed by atoms with E-state index in [0.29, 0.717) is 22.5 Å². The van der Waals surface area contributed by atoms with Gasteiger partial charge in [0.2, 0.25) is 5.95 Å². The lowest BCUT2D eigenvalue weighted by Gasteiger charge is -2.13. The zero-order valence-electron chi connectivity index (χ0n) is 18.2. The van der Waals surface area contributed by atoms with Crippen molar-refractivity contribution in [2.75, 3.05) is 19.0 Å². The van der Waals surface area contributed by atoms with E-state index in [1.54, 1.807) is 42.1 Å². The predicted octanol–water partition coefficient (Wildman–Crippen LogP) is 3.42. The molecule has 0 spiro atoms. The average molecular weight is 463 g/mol. The first-order valence-electron chi connectivity index (χ1n) is 10.3. The Bertz CT molecular complexity index is 1560. The normalized spacial score (nSPS) is 11.4. The summed E-state index contributed by atoms with van der Waals surface area (Å²) in [7, 11) is 3.37. The van der Waals surface area contributed by atoms with Crippen LogP contribution >= 0.6 is 0 Å². The van der Waals surface area contributed by atoms with Crippen molar-refractivity contribution < 1.29 is 13.5 Å². The maximum atomic E-state index is 13.7. The monoisotopic (exact) mass is 463 g/mol. The van der Waals surface area contributed by atoms with E-state index in [0.717, 1.165) is 10.9 Å². The fraction of sp³-hybridized carbons (Fsp3) is 0.174. The third-order valence-electron chi connectivity index (χ3n) is 5.24. The van der Waals surface area contributed by atoms with Gasteiger partial charge in [-0.3, -0.25) is 14.0 Å². The first-order chi connectivity index (χ1) is 16.4. The Morgan fingerprint density at radius 2 is 1.88 bits per heavy atom. The number of anilines is 1. The first kappa shape index (κ1) is 21.4. The number of fused-ring (bicyclic) bond motifs is 2. The standard InChI is InChI=1S/C23H19F2N7O2/c1-31-12-14-9-13(3-8-17(14)30-31)20-22(33)32(15-4-6-16(34-2)7-5-15)21-18(28-20)10-26-23(29-21)27-11-19(24)25/h3-10,12,19H,11H2,1-2H3,(H,26,27,29). The van der Waals surface area contributed by atoms with Gasteiger partial charge in [0.15, 0.2) is 5.65 Å². The zero-order valence-corrected chi connectivity index (χ0v) is 18.2. The molecule has 9 nitrogen and oxygen atoms in total. The number of benzene rings is 2. The van der Waals surface area contributed by atoms with Gasteiger partial charge in [-0.15, -0.1) is 0 Å². The summed E-state index contributed by atoms with van der Waals surface area (Å²) in [5, 5.41) is 7.70. The number of hydrogen-bond acceptors (Lipinski definition) is 7. The number of aryl methyl sites for hydroxylation is 1. The van der Waals surface area contributed by atoms with Gasteiger partial charge in [0.05, 0.1) is 31.1 Å². The highest BCUT2D eigenvalue weighted by Crippen LogP contribution is 2.24. The van der Waals surface area contributed by atoms with Crippen molar-refractivity contribution in [1.29, 1.82) is 0 Å². The minimum Gasteiger partial charge on any atom is -0.497 e. The Labute approximate surface area is 191 Å². The van der Waals surface area contributed by atoms with Gasteiger partial charge in [-0.25, -0.2) is 18.7 Å². The van der Waals surface area contributed by atoms with Crippen molar-refractivity contribution in [3.63, 3.8) is 0 Å². The van der Waals surface area contributed by atoms with Crippen LogP contribution in [0.5, 0.6) is 5.75 Å². The van der Waals surface area contributed by atoms with Gasteiger partial charge >= 0.3 is 0 Å². The van der Waals surface area contributed by atoms with Gasteiger partial charge < -0.3 is 10.1 Å². The van der Waals surface area contributed by atoms with E-state index >= 15 is 0 Å². The number of alkyl halides is 2. The fourth-order valence-electron chi connectivity index (χ4n) is 3.69.